The molecule has 1 heterocycles. The lowest BCUT2D eigenvalue weighted by molar-refractivity contribution is 0.149. The van der Waals surface area contributed by atoms with E-state index in [0.29, 0.717) is 10.2 Å². The molecule has 1 unspecified atom stereocenters. The zero-order chi connectivity index (χ0) is 14.8. The minimum atomic E-state index is 0.460. The van der Waals surface area contributed by atoms with Gasteiger partial charge in [-0.25, -0.2) is 0 Å². The third kappa shape index (κ3) is 4.21. The first-order valence-electron chi connectivity index (χ1n) is 7.60. The number of hydrogen-bond acceptors (Lipinski definition) is 1. The molecule has 0 N–H and O–H groups in total. The van der Waals surface area contributed by atoms with Crippen LogP contribution < -0.4 is 0 Å². The van der Waals surface area contributed by atoms with E-state index in [1.54, 1.807) is 6.20 Å². The van der Waals surface area contributed by atoms with Crippen molar-refractivity contribution in [2.24, 2.45) is 17.3 Å². The lowest BCUT2D eigenvalue weighted by Crippen LogP contribution is -2.29. The van der Waals surface area contributed by atoms with Crippen molar-refractivity contribution in [1.82, 2.24) is 4.98 Å². The Morgan fingerprint density at radius 2 is 1.95 bits per heavy atom. The molecule has 0 aliphatic heterocycles. The van der Waals surface area contributed by atoms with Gasteiger partial charge in [0.05, 0.1) is 5.02 Å². The van der Waals surface area contributed by atoms with Gasteiger partial charge < -0.3 is 0 Å². The van der Waals surface area contributed by atoms with Gasteiger partial charge in [0.2, 0.25) is 0 Å². The van der Waals surface area contributed by atoms with Gasteiger partial charge in [-0.3, -0.25) is 4.98 Å². The average Bonchev–Trinajstić information content (AvgIpc) is 2.40. The summed E-state index contributed by atoms with van der Waals surface area (Å²) in [7, 11) is 0. The second kappa shape index (κ2) is 6.79. The Kier molecular flexibility index (Phi) is 5.53. The zero-order valence-electron chi connectivity index (χ0n) is 12.7. The van der Waals surface area contributed by atoms with Crippen molar-refractivity contribution in [1.29, 1.82) is 0 Å². The maximum atomic E-state index is 6.21. The molecule has 1 atom stereocenters. The molecule has 20 heavy (non-hydrogen) atoms. The van der Waals surface area contributed by atoms with Crippen molar-refractivity contribution in [2.45, 2.75) is 57.7 Å². The van der Waals surface area contributed by atoms with Crippen molar-refractivity contribution in [3.05, 3.63) is 29.0 Å². The number of aromatic nitrogens is 1. The van der Waals surface area contributed by atoms with E-state index in [-0.39, 0.29) is 0 Å². The minimum Gasteiger partial charge on any atom is -0.263 e. The monoisotopic (exact) mass is 357 g/mol. The molecule has 2 rings (SSSR count). The van der Waals surface area contributed by atoms with Crippen LogP contribution in [0, 0.1) is 17.3 Å². The molecule has 0 saturated heterocycles. The molecule has 1 aliphatic rings. The van der Waals surface area contributed by atoms with Crippen LogP contribution in [0.3, 0.4) is 0 Å². The van der Waals surface area contributed by atoms with Crippen molar-refractivity contribution < 1.29 is 0 Å². The topological polar surface area (TPSA) is 12.9 Å². The van der Waals surface area contributed by atoms with Crippen LogP contribution in [-0.4, -0.2) is 9.81 Å². The summed E-state index contributed by atoms with van der Waals surface area (Å²) in [6.45, 7) is 7.13. The highest BCUT2D eigenvalue weighted by Gasteiger charge is 2.32. The number of rotatable bonds is 3. The largest absolute Gasteiger partial charge is 0.263 e. The summed E-state index contributed by atoms with van der Waals surface area (Å²) in [6.07, 6.45) is 9.97. The SMILES string of the molecule is CC(C)(C)C1CCC(C(Br)Cc2ccncc2Cl)CC1. The second-order valence-electron chi connectivity index (χ2n) is 7.16. The van der Waals surface area contributed by atoms with Crippen molar-refractivity contribution in [3.63, 3.8) is 0 Å². The maximum Gasteiger partial charge on any atom is 0.0621 e. The molecule has 1 aromatic heterocycles. The van der Waals surface area contributed by atoms with E-state index in [4.69, 9.17) is 11.6 Å². The summed E-state index contributed by atoms with van der Waals surface area (Å²) in [6, 6.07) is 2.04. The molecule has 0 spiro atoms. The summed E-state index contributed by atoms with van der Waals surface area (Å²) in [5.74, 6) is 1.65. The molecule has 1 fully saturated rings. The summed E-state index contributed by atoms with van der Waals surface area (Å²) in [5.41, 5.74) is 1.67. The first kappa shape index (κ1) is 16.3. The fourth-order valence-corrected chi connectivity index (χ4v) is 4.37. The van der Waals surface area contributed by atoms with Crippen molar-refractivity contribution in [2.75, 3.05) is 0 Å². The molecule has 1 aromatic rings. The van der Waals surface area contributed by atoms with Gasteiger partial charge in [-0.2, -0.15) is 0 Å². The fraction of sp³-hybridized carbons (Fsp3) is 0.706. The molecule has 0 bridgehead atoms. The molecule has 3 heteroatoms. The molecule has 112 valence electrons. The van der Waals surface area contributed by atoms with Crippen LogP contribution in [0.15, 0.2) is 18.5 Å². The number of hydrogen-bond donors (Lipinski definition) is 0. The molecular formula is C17H25BrClN. The van der Waals surface area contributed by atoms with E-state index >= 15 is 0 Å². The Hall–Kier alpha value is -0.0800. The molecule has 0 aromatic carbocycles. The van der Waals surface area contributed by atoms with E-state index in [2.05, 4.69) is 41.7 Å². The smallest absolute Gasteiger partial charge is 0.0621 e. The van der Waals surface area contributed by atoms with E-state index in [1.165, 1.54) is 31.2 Å². The van der Waals surface area contributed by atoms with E-state index in [1.807, 2.05) is 12.3 Å². The van der Waals surface area contributed by atoms with Gasteiger partial charge in [0.15, 0.2) is 0 Å². The van der Waals surface area contributed by atoms with Gasteiger partial charge in [0.25, 0.3) is 0 Å². The predicted molar refractivity (Wildman–Crippen MR) is 90.6 cm³/mol. The Morgan fingerprint density at radius 1 is 1.30 bits per heavy atom. The summed E-state index contributed by atoms with van der Waals surface area (Å²) in [5, 5.41) is 0.792. The van der Waals surface area contributed by atoms with Gasteiger partial charge in [0, 0.05) is 17.2 Å². The van der Waals surface area contributed by atoms with Gasteiger partial charge in [-0.1, -0.05) is 48.3 Å². The molecular weight excluding hydrogens is 334 g/mol. The summed E-state index contributed by atoms with van der Waals surface area (Å²) < 4.78 is 0. The summed E-state index contributed by atoms with van der Waals surface area (Å²) >= 11 is 10.1. The van der Waals surface area contributed by atoms with Gasteiger partial charge in [-0.05, 0) is 61.0 Å². The number of alkyl halides is 1. The van der Waals surface area contributed by atoms with E-state index < -0.39 is 0 Å². The first-order chi connectivity index (χ1) is 9.38. The van der Waals surface area contributed by atoms with Gasteiger partial charge in [0.1, 0.15) is 0 Å². The number of halogens is 2. The molecule has 1 saturated carbocycles. The highest BCUT2D eigenvalue weighted by atomic mass is 79.9. The Morgan fingerprint density at radius 3 is 2.50 bits per heavy atom. The Labute approximate surface area is 136 Å². The van der Waals surface area contributed by atoms with Crippen molar-refractivity contribution >= 4 is 27.5 Å². The quantitative estimate of drug-likeness (QED) is 0.613. The van der Waals surface area contributed by atoms with Crippen LogP contribution in [0.25, 0.3) is 0 Å². The maximum absolute atomic E-state index is 6.21. The van der Waals surface area contributed by atoms with Gasteiger partial charge in [-0.15, -0.1) is 0 Å². The molecule has 0 radical (unpaired) electrons. The minimum absolute atomic E-state index is 0.460. The molecule has 1 nitrogen and oxygen atoms in total. The lowest BCUT2D eigenvalue weighted by Gasteiger charge is -2.38. The standard InChI is InChI=1S/C17H25BrClN/c1-17(2,3)14-6-4-12(5-7-14)15(18)10-13-8-9-20-11-16(13)19/h8-9,11-12,14-15H,4-7,10H2,1-3H3. The van der Waals surface area contributed by atoms with Crippen LogP contribution in [0.2, 0.25) is 5.02 Å². The van der Waals surface area contributed by atoms with Crippen LogP contribution in [0.1, 0.15) is 52.0 Å². The molecule has 0 amide bonds. The average molecular weight is 359 g/mol. The normalized spacial score (nSPS) is 25.4. The lowest BCUT2D eigenvalue weighted by atomic mass is 9.69. The second-order valence-corrected chi connectivity index (χ2v) is 8.75. The van der Waals surface area contributed by atoms with Crippen LogP contribution in [-0.2, 0) is 6.42 Å². The van der Waals surface area contributed by atoms with Crippen LogP contribution in [0.5, 0.6) is 0 Å². The highest BCUT2D eigenvalue weighted by molar-refractivity contribution is 9.09. The van der Waals surface area contributed by atoms with Gasteiger partial charge >= 0.3 is 0 Å². The fourth-order valence-electron chi connectivity index (χ4n) is 3.29. The predicted octanol–water partition coefficient (Wildman–Crippen LogP) is 5.89. The van der Waals surface area contributed by atoms with Crippen molar-refractivity contribution in [3.8, 4) is 0 Å². The number of pyridine rings is 1. The molecule has 1 aliphatic carbocycles. The summed E-state index contributed by atoms with van der Waals surface area (Å²) in [4.78, 5) is 4.59. The Balaban J connectivity index is 1.89. The third-order valence-electron chi connectivity index (χ3n) is 4.78. The third-order valence-corrected chi connectivity index (χ3v) is 6.19. The van der Waals surface area contributed by atoms with E-state index in [0.717, 1.165) is 23.3 Å². The highest BCUT2D eigenvalue weighted by Crippen LogP contribution is 2.42. The number of nitrogens with zero attached hydrogens (tertiary/aromatic N) is 1. The van der Waals surface area contributed by atoms with E-state index in [9.17, 15) is 0 Å². The Bertz CT molecular complexity index is 433. The zero-order valence-corrected chi connectivity index (χ0v) is 15.0. The van der Waals surface area contributed by atoms with Crippen LogP contribution in [0.4, 0.5) is 0 Å². The van der Waals surface area contributed by atoms with Crippen LogP contribution >= 0.6 is 27.5 Å². The first-order valence-corrected chi connectivity index (χ1v) is 8.89.